The molecule has 1 fully saturated rings. The second kappa shape index (κ2) is 8.00. The number of hydrogen-bond donors (Lipinski definition) is 0. The number of pyridine rings is 1. The number of carbonyl (C=O) groups is 1. The number of hydrogen-bond acceptors (Lipinski definition) is 6. The molecule has 0 atom stereocenters. The van der Waals surface area contributed by atoms with Crippen LogP contribution in [0.5, 0.6) is 0 Å². The van der Waals surface area contributed by atoms with Crippen LogP contribution in [-0.4, -0.2) is 59.6 Å². The average molecular weight is 445 g/mol. The summed E-state index contributed by atoms with van der Waals surface area (Å²) in [6.07, 6.45) is 0. The largest absolute Gasteiger partial charge is 0.335 e. The third-order valence-corrected chi connectivity index (χ3v) is 6.62. The van der Waals surface area contributed by atoms with Crippen molar-refractivity contribution in [1.29, 1.82) is 0 Å². The minimum Gasteiger partial charge on any atom is -0.335 e. The quantitative estimate of drug-likeness (QED) is 0.406. The molecule has 0 N–H and O–H groups in total. The van der Waals surface area contributed by atoms with Crippen molar-refractivity contribution in [1.82, 2.24) is 14.2 Å². The van der Waals surface area contributed by atoms with Crippen LogP contribution in [0.4, 0.5) is 5.69 Å². The number of amides is 1. The summed E-state index contributed by atoms with van der Waals surface area (Å²) in [7, 11) is -3.92. The molecule has 0 spiro atoms. The van der Waals surface area contributed by atoms with Gasteiger partial charge in [0, 0.05) is 38.3 Å². The molecule has 148 valence electrons. The van der Waals surface area contributed by atoms with Crippen LogP contribution < -0.4 is 0 Å². The molecule has 3 rings (SSSR count). The maximum Gasteiger partial charge on any atom is 0.274 e. The van der Waals surface area contributed by atoms with Crippen molar-refractivity contribution in [3.05, 3.63) is 62.4 Å². The highest BCUT2D eigenvalue weighted by Crippen LogP contribution is 2.23. The molecule has 28 heavy (non-hydrogen) atoms. The summed E-state index contributed by atoms with van der Waals surface area (Å²) in [6.45, 7) is 0.318. The zero-order valence-electron chi connectivity index (χ0n) is 14.3. The van der Waals surface area contributed by atoms with Crippen molar-refractivity contribution in [3.8, 4) is 0 Å². The zero-order chi connectivity index (χ0) is 20.5. The van der Waals surface area contributed by atoms with E-state index in [1.165, 1.54) is 39.5 Å². The molecule has 1 aromatic heterocycles. The Morgan fingerprint density at radius 2 is 1.79 bits per heavy atom. The van der Waals surface area contributed by atoms with E-state index in [0.29, 0.717) is 0 Å². The summed E-state index contributed by atoms with van der Waals surface area (Å²) in [6, 6.07) is 7.78. The van der Waals surface area contributed by atoms with Crippen molar-refractivity contribution in [2.24, 2.45) is 0 Å². The Labute approximate surface area is 170 Å². The first-order valence-electron chi connectivity index (χ1n) is 8.06. The van der Waals surface area contributed by atoms with Crippen LogP contribution in [0.15, 0.2) is 41.3 Å². The monoisotopic (exact) mass is 444 g/mol. The lowest BCUT2D eigenvalue weighted by Crippen LogP contribution is -2.50. The molecule has 0 aliphatic carbocycles. The molecule has 1 saturated heterocycles. The van der Waals surface area contributed by atoms with Crippen molar-refractivity contribution < 1.29 is 18.1 Å². The van der Waals surface area contributed by atoms with Gasteiger partial charge in [-0.25, -0.2) is 13.4 Å². The molecule has 0 radical (unpaired) electrons. The van der Waals surface area contributed by atoms with E-state index in [0.717, 1.165) is 6.07 Å². The first-order chi connectivity index (χ1) is 13.2. The number of carbonyl (C=O) groups excluding carboxylic acids is 1. The van der Waals surface area contributed by atoms with Gasteiger partial charge in [-0.2, -0.15) is 4.31 Å². The van der Waals surface area contributed by atoms with Crippen LogP contribution in [0.3, 0.4) is 0 Å². The Morgan fingerprint density at radius 3 is 2.43 bits per heavy atom. The number of aromatic nitrogens is 1. The molecule has 0 bridgehead atoms. The van der Waals surface area contributed by atoms with Gasteiger partial charge in [0.1, 0.15) is 10.8 Å². The molecule has 1 aromatic carbocycles. The molecular weight excluding hydrogens is 431 g/mol. The van der Waals surface area contributed by atoms with E-state index in [2.05, 4.69) is 4.98 Å². The fourth-order valence-electron chi connectivity index (χ4n) is 2.76. The number of rotatable bonds is 4. The van der Waals surface area contributed by atoms with Gasteiger partial charge in [-0.05, 0) is 18.2 Å². The van der Waals surface area contributed by atoms with Gasteiger partial charge in [0.05, 0.1) is 14.8 Å². The summed E-state index contributed by atoms with van der Waals surface area (Å²) in [5.74, 6) is -0.445. The first kappa shape index (κ1) is 20.5. The van der Waals surface area contributed by atoms with Crippen LogP contribution in [0.1, 0.15) is 10.5 Å². The minimum atomic E-state index is -3.92. The lowest BCUT2D eigenvalue weighted by molar-refractivity contribution is -0.385. The Kier molecular flexibility index (Phi) is 5.84. The topological polar surface area (TPSA) is 114 Å². The van der Waals surface area contributed by atoms with Gasteiger partial charge in [0.25, 0.3) is 11.6 Å². The van der Waals surface area contributed by atoms with E-state index in [4.69, 9.17) is 23.2 Å². The summed E-state index contributed by atoms with van der Waals surface area (Å²) < 4.78 is 26.7. The van der Waals surface area contributed by atoms with Gasteiger partial charge in [0.2, 0.25) is 10.0 Å². The third kappa shape index (κ3) is 4.09. The van der Waals surface area contributed by atoms with Gasteiger partial charge >= 0.3 is 0 Å². The molecule has 9 nitrogen and oxygen atoms in total. The molecule has 0 saturated carbocycles. The molecule has 1 aliphatic rings. The molecule has 1 amide bonds. The van der Waals surface area contributed by atoms with Gasteiger partial charge < -0.3 is 4.90 Å². The zero-order valence-corrected chi connectivity index (χ0v) is 16.6. The van der Waals surface area contributed by atoms with Crippen LogP contribution >= 0.6 is 23.2 Å². The van der Waals surface area contributed by atoms with Crippen LogP contribution in [-0.2, 0) is 10.0 Å². The summed E-state index contributed by atoms with van der Waals surface area (Å²) in [5, 5.41) is 11.2. The van der Waals surface area contributed by atoms with Gasteiger partial charge in [-0.3, -0.25) is 14.9 Å². The maximum atomic E-state index is 12.8. The number of nitrogens with zero attached hydrogens (tertiary/aromatic N) is 4. The van der Waals surface area contributed by atoms with Crippen LogP contribution in [0, 0.1) is 10.1 Å². The Morgan fingerprint density at radius 1 is 1.11 bits per heavy atom. The smallest absolute Gasteiger partial charge is 0.274 e. The van der Waals surface area contributed by atoms with E-state index >= 15 is 0 Å². The first-order valence-corrected chi connectivity index (χ1v) is 10.3. The second-order valence-corrected chi connectivity index (χ2v) is 8.65. The lowest BCUT2D eigenvalue weighted by atomic mass is 10.3. The summed E-state index contributed by atoms with van der Waals surface area (Å²) in [4.78, 5) is 28.0. The number of nitro groups is 1. The Bertz CT molecular complexity index is 1040. The van der Waals surface area contributed by atoms with Crippen LogP contribution in [0.2, 0.25) is 10.2 Å². The normalized spacial score (nSPS) is 15.4. The summed E-state index contributed by atoms with van der Waals surface area (Å²) in [5.41, 5.74) is -0.305. The van der Waals surface area contributed by atoms with Crippen molar-refractivity contribution >= 4 is 44.8 Å². The van der Waals surface area contributed by atoms with Crippen molar-refractivity contribution in [2.75, 3.05) is 26.2 Å². The predicted octanol–water partition coefficient (Wildman–Crippen LogP) is 2.44. The molecule has 2 aromatic rings. The number of piperazine rings is 1. The third-order valence-electron chi connectivity index (χ3n) is 4.21. The fourth-order valence-corrected chi connectivity index (χ4v) is 4.55. The average Bonchev–Trinajstić information content (AvgIpc) is 2.69. The molecule has 2 heterocycles. The molecule has 12 heteroatoms. The molecule has 1 aliphatic heterocycles. The van der Waals surface area contributed by atoms with E-state index in [9.17, 15) is 23.3 Å². The maximum absolute atomic E-state index is 12.8. The highest BCUT2D eigenvalue weighted by molar-refractivity contribution is 7.89. The Balaban J connectivity index is 1.74. The highest BCUT2D eigenvalue weighted by Gasteiger charge is 2.32. The van der Waals surface area contributed by atoms with Crippen molar-refractivity contribution in [3.63, 3.8) is 0 Å². The van der Waals surface area contributed by atoms with E-state index in [-0.39, 0.29) is 52.6 Å². The van der Waals surface area contributed by atoms with E-state index in [1.807, 2.05) is 0 Å². The van der Waals surface area contributed by atoms with E-state index in [1.54, 1.807) is 0 Å². The number of nitro benzene ring substituents is 1. The molecular formula is C16H14Cl2N4O5S. The highest BCUT2D eigenvalue weighted by atomic mass is 35.5. The van der Waals surface area contributed by atoms with E-state index < -0.39 is 20.9 Å². The fraction of sp³-hybridized carbons (Fsp3) is 0.250. The number of benzene rings is 1. The SMILES string of the molecule is O=C(c1nc(Cl)ccc1Cl)N1CCN(S(=O)(=O)c2cccc([N+](=O)[O-])c2)CC1. The van der Waals surface area contributed by atoms with Crippen LogP contribution in [0.25, 0.3) is 0 Å². The lowest BCUT2D eigenvalue weighted by Gasteiger charge is -2.33. The van der Waals surface area contributed by atoms with Gasteiger partial charge in [-0.15, -0.1) is 0 Å². The van der Waals surface area contributed by atoms with Gasteiger partial charge in [-0.1, -0.05) is 29.3 Å². The predicted molar refractivity (Wildman–Crippen MR) is 102 cm³/mol. The number of non-ortho nitro benzene ring substituents is 1. The van der Waals surface area contributed by atoms with Gasteiger partial charge in [0.15, 0.2) is 0 Å². The number of halogens is 2. The minimum absolute atomic E-state index is 0.00385. The standard InChI is InChI=1S/C16H14Cl2N4O5S/c17-13-4-5-14(18)19-15(13)16(23)20-6-8-21(9-7-20)28(26,27)12-3-1-2-11(10-12)22(24)25/h1-5,10H,6-9H2. The number of sulfonamides is 1. The Hall–Kier alpha value is -2.27. The summed E-state index contributed by atoms with van der Waals surface area (Å²) >= 11 is 11.8. The van der Waals surface area contributed by atoms with Crippen molar-refractivity contribution in [2.45, 2.75) is 4.90 Å². The molecule has 0 unspecified atom stereocenters. The second-order valence-electron chi connectivity index (χ2n) is 5.92.